The number of H-pyrrole nitrogens is 1. The van der Waals surface area contributed by atoms with Gasteiger partial charge in [0.25, 0.3) is 5.56 Å². The van der Waals surface area contributed by atoms with E-state index in [2.05, 4.69) is 21.9 Å². The molecule has 8 heteroatoms. The van der Waals surface area contributed by atoms with Gasteiger partial charge >= 0.3 is 0 Å². The van der Waals surface area contributed by atoms with E-state index in [1.165, 1.54) is 17.4 Å². The summed E-state index contributed by atoms with van der Waals surface area (Å²) in [4.78, 5) is 34.2. The van der Waals surface area contributed by atoms with E-state index in [0.29, 0.717) is 59.8 Å². The molecule has 0 radical (unpaired) electrons. The Labute approximate surface area is 171 Å². The lowest BCUT2D eigenvalue weighted by atomic mass is 9.96. The van der Waals surface area contributed by atoms with Crippen LogP contribution in [0, 0.1) is 11.7 Å². The van der Waals surface area contributed by atoms with Gasteiger partial charge in [-0.05, 0) is 18.9 Å². The first-order chi connectivity index (χ1) is 14.1. The van der Waals surface area contributed by atoms with E-state index in [0.717, 1.165) is 0 Å². The fourth-order valence-electron chi connectivity index (χ4n) is 3.61. The van der Waals surface area contributed by atoms with Crippen LogP contribution < -0.4 is 15.8 Å². The Kier molecular flexibility index (Phi) is 5.44. The first kappa shape index (κ1) is 19.3. The van der Waals surface area contributed by atoms with Crippen molar-refractivity contribution in [3.8, 4) is 11.1 Å². The van der Waals surface area contributed by atoms with Crippen LogP contribution in [-0.2, 0) is 4.79 Å². The van der Waals surface area contributed by atoms with Gasteiger partial charge in [0.1, 0.15) is 10.5 Å². The molecule has 0 aliphatic carbocycles. The number of halogens is 1. The maximum Gasteiger partial charge on any atom is 0.270 e. The molecule has 6 nitrogen and oxygen atoms in total. The van der Waals surface area contributed by atoms with E-state index >= 15 is 0 Å². The van der Waals surface area contributed by atoms with Crippen molar-refractivity contribution >= 4 is 33.4 Å². The number of carbonyl (C=O) groups is 1. The van der Waals surface area contributed by atoms with E-state index in [4.69, 9.17) is 0 Å². The molecule has 2 N–H and O–H groups in total. The number of fused-ring (bicyclic) bond motifs is 1. The molecule has 0 atom stereocenters. The highest BCUT2D eigenvalue weighted by Crippen LogP contribution is 2.33. The third-order valence-electron chi connectivity index (χ3n) is 5.16. The van der Waals surface area contributed by atoms with Gasteiger partial charge in [0.05, 0.1) is 5.52 Å². The predicted octanol–water partition coefficient (Wildman–Crippen LogP) is 3.31. The maximum atomic E-state index is 14.3. The normalized spacial score (nSPS) is 14.9. The molecule has 1 saturated heterocycles. The largest absolute Gasteiger partial charge is 0.352 e. The van der Waals surface area contributed by atoms with Gasteiger partial charge in [0.15, 0.2) is 0 Å². The number of aromatic nitrogens is 2. The van der Waals surface area contributed by atoms with E-state index in [1.54, 1.807) is 29.7 Å². The van der Waals surface area contributed by atoms with Crippen LogP contribution in [0.1, 0.15) is 12.8 Å². The van der Waals surface area contributed by atoms with Gasteiger partial charge < -0.3 is 10.2 Å². The molecule has 1 aliphatic heterocycles. The summed E-state index contributed by atoms with van der Waals surface area (Å²) < 4.78 is 14.8. The molecule has 1 fully saturated rings. The fraction of sp³-hybridized carbons (Fsp3) is 0.286. The molecule has 0 spiro atoms. The van der Waals surface area contributed by atoms with Crippen molar-refractivity contribution in [3.63, 3.8) is 0 Å². The Hall–Kier alpha value is -3.00. The minimum absolute atomic E-state index is 0.0288. The van der Waals surface area contributed by atoms with E-state index in [-0.39, 0.29) is 23.2 Å². The Morgan fingerprint density at radius 3 is 2.83 bits per heavy atom. The standard InChI is InChI=1S/C21H21FN4O2S/c1-2-9-23-19(27)13-7-10-26(11-8-13)21-24-17-15(12-29-18(17)20(28)25-21)14-5-3-4-6-16(14)22/h2-6,12-13H,1,7-11H2,(H,23,27)(H,24,25,28). The van der Waals surface area contributed by atoms with Crippen LogP contribution in [0.15, 0.2) is 47.1 Å². The number of carbonyl (C=O) groups excluding carboxylic acids is 1. The smallest absolute Gasteiger partial charge is 0.270 e. The summed E-state index contributed by atoms with van der Waals surface area (Å²) in [6.07, 6.45) is 3.01. The molecule has 1 aliphatic rings. The summed E-state index contributed by atoms with van der Waals surface area (Å²) >= 11 is 1.26. The fourth-order valence-corrected chi connectivity index (χ4v) is 4.51. The van der Waals surface area contributed by atoms with Crippen molar-refractivity contribution in [1.82, 2.24) is 15.3 Å². The Morgan fingerprint density at radius 2 is 2.10 bits per heavy atom. The molecular weight excluding hydrogens is 391 g/mol. The number of thiophene rings is 1. The number of piperidine rings is 1. The highest BCUT2D eigenvalue weighted by Gasteiger charge is 2.26. The van der Waals surface area contributed by atoms with Gasteiger partial charge in [-0.2, -0.15) is 0 Å². The van der Waals surface area contributed by atoms with Crippen molar-refractivity contribution in [1.29, 1.82) is 0 Å². The van der Waals surface area contributed by atoms with Crippen molar-refractivity contribution in [2.75, 3.05) is 24.5 Å². The second kappa shape index (κ2) is 8.16. The molecule has 0 saturated carbocycles. The van der Waals surface area contributed by atoms with Gasteiger partial charge in [0.2, 0.25) is 11.9 Å². The molecular formula is C21H21FN4O2S. The average Bonchev–Trinajstić information content (AvgIpc) is 3.17. The van der Waals surface area contributed by atoms with Crippen LogP contribution >= 0.6 is 11.3 Å². The second-order valence-corrected chi connectivity index (χ2v) is 7.87. The summed E-state index contributed by atoms with van der Waals surface area (Å²) in [5.74, 6) is 0.0866. The number of benzene rings is 1. The summed E-state index contributed by atoms with van der Waals surface area (Å²) in [5, 5.41) is 4.60. The van der Waals surface area contributed by atoms with Gasteiger partial charge in [-0.3, -0.25) is 14.6 Å². The number of amides is 1. The third-order valence-corrected chi connectivity index (χ3v) is 6.13. The van der Waals surface area contributed by atoms with Crippen molar-refractivity contribution in [3.05, 3.63) is 58.5 Å². The third kappa shape index (κ3) is 3.80. The van der Waals surface area contributed by atoms with E-state index in [1.807, 2.05) is 4.90 Å². The number of hydrogen-bond acceptors (Lipinski definition) is 5. The predicted molar refractivity (Wildman–Crippen MR) is 114 cm³/mol. The van der Waals surface area contributed by atoms with Crippen molar-refractivity contribution in [2.45, 2.75) is 12.8 Å². The zero-order chi connectivity index (χ0) is 20.4. The first-order valence-electron chi connectivity index (χ1n) is 9.48. The minimum Gasteiger partial charge on any atom is -0.352 e. The SMILES string of the molecule is C=CCNC(=O)C1CCN(c2nc3c(-c4ccccc4F)csc3c(=O)[nH]2)CC1. The Morgan fingerprint density at radius 1 is 1.34 bits per heavy atom. The van der Waals surface area contributed by atoms with Crippen LogP contribution in [0.3, 0.4) is 0 Å². The van der Waals surface area contributed by atoms with Gasteiger partial charge in [-0.25, -0.2) is 9.37 Å². The van der Waals surface area contributed by atoms with Crippen LogP contribution in [0.5, 0.6) is 0 Å². The van der Waals surface area contributed by atoms with Crippen molar-refractivity contribution in [2.24, 2.45) is 5.92 Å². The number of aromatic amines is 1. The first-order valence-corrected chi connectivity index (χ1v) is 10.4. The van der Waals surface area contributed by atoms with Gasteiger partial charge in [-0.1, -0.05) is 24.3 Å². The number of nitrogens with one attached hydrogen (secondary N) is 2. The highest BCUT2D eigenvalue weighted by atomic mass is 32.1. The van der Waals surface area contributed by atoms with Gasteiger partial charge in [-0.15, -0.1) is 17.9 Å². The molecule has 1 aromatic carbocycles. The average molecular weight is 412 g/mol. The quantitative estimate of drug-likeness (QED) is 0.631. The lowest BCUT2D eigenvalue weighted by Crippen LogP contribution is -2.41. The van der Waals surface area contributed by atoms with Crippen LogP contribution in [-0.4, -0.2) is 35.5 Å². The summed E-state index contributed by atoms with van der Waals surface area (Å²) in [7, 11) is 0. The Balaban J connectivity index is 1.60. The van der Waals surface area contributed by atoms with Crippen LogP contribution in [0.25, 0.3) is 21.3 Å². The lowest BCUT2D eigenvalue weighted by molar-refractivity contribution is -0.125. The maximum absolute atomic E-state index is 14.3. The molecule has 4 rings (SSSR count). The number of nitrogens with zero attached hydrogens (tertiary/aromatic N) is 2. The molecule has 3 heterocycles. The van der Waals surface area contributed by atoms with E-state index in [9.17, 15) is 14.0 Å². The van der Waals surface area contributed by atoms with E-state index < -0.39 is 0 Å². The zero-order valence-electron chi connectivity index (χ0n) is 15.8. The molecule has 0 unspecified atom stereocenters. The minimum atomic E-state index is -0.345. The number of hydrogen-bond donors (Lipinski definition) is 2. The van der Waals surface area contributed by atoms with Crippen molar-refractivity contribution < 1.29 is 9.18 Å². The zero-order valence-corrected chi connectivity index (χ0v) is 16.6. The molecule has 29 heavy (non-hydrogen) atoms. The topological polar surface area (TPSA) is 78.1 Å². The molecule has 1 amide bonds. The number of rotatable bonds is 5. The second-order valence-electron chi connectivity index (χ2n) is 6.99. The Bertz CT molecular complexity index is 1120. The lowest BCUT2D eigenvalue weighted by Gasteiger charge is -2.31. The monoisotopic (exact) mass is 412 g/mol. The molecule has 2 aromatic heterocycles. The van der Waals surface area contributed by atoms with Gasteiger partial charge in [0, 0.05) is 42.1 Å². The molecule has 0 bridgehead atoms. The molecule has 3 aromatic rings. The summed E-state index contributed by atoms with van der Waals surface area (Å²) in [6.45, 7) is 5.29. The summed E-state index contributed by atoms with van der Waals surface area (Å²) in [6, 6.07) is 6.48. The van der Waals surface area contributed by atoms with Crippen LogP contribution in [0.4, 0.5) is 10.3 Å². The van der Waals surface area contributed by atoms with Crippen LogP contribution in [0.2, 0.25) is 0 Å². The molecule has 150 valence electrons. The number of anilines is 1. The summed E-state index contributed by atoms with van der Waals surface area (Å²) in [5.41, 5.74) is 1.32. The highest BCUT2D eigenvalue weighted by molar-refractivity contribution is 7.17.